The van der Waals surface area contributed by atoms with Crippen LogP contribution in [-0.2, 0) is 15.2 Å². The van der Waals surface area contributed by atoms with Gasteiger partial charge in [-0.25, -0.2) is 0 Å². The SMILES string of the molecule is CSCCC(N)C(=O)O.O=S(=O)(O)O.[H-].[Na+]. The van der Waals surface area contributed by atoms with Crippen LogP contribution in [0.1, 0.15) is 7.85 Å². The van der Waals surface area contributed by atoms with Crippen LogP contribution < -0.4 is 35.3 Å². The van der Waals surface area contributed by atoms with E-state index in [2.05, 4.69) is 0 Å². The Morgan fingerprint density at radius 2 is 1.87 bits per heavy atom. The van der Waals surface area contributed by atoms with Crippen LogP contribution in [0, 0.1) is 0 Å². The molecule has 1 atom stereocenters. The van der Waals surface area contributed by atoms with Crippen molar-refractivity contribution in [3.05, 3.63) is 0 Å². The maximum atomic E-state index is 10.1. The predicted octanol–water partition coefficient (Wildman–Crippen LogP) is -3.38. The van der Waals surface area contributed by atoms with Crippen LogP contribution in [0.4, 0.5) is 0 Å². The van der Waals surface area contributed by atoms with E-state index in [1.54, 1.807) is 11.8 Å². The number of hydrogen-bond acceptors (Lipinski definition) is 5. The van der Waals surface area contributed by atoms with Crippen molar-refractivity contribution in [2.75, 3.05) is 12.0 Å². The van der Waals surface area contributed by atoms with Crippen molar-refractivity contribution in [1.29, 1.82) is 0 Å². The second-order valence-corrected chi connectivity index (χ2v) is 4.06. The third-order valence-electron chi connectivity index (χ3n) is 0.950. The average molecular weight is 271 g/mol. The molecule has 1 unspecified atom stereocenters. The molecular weight excluding hydrogens is 257 g/mol. The normalized spacial score (nSPS) is 11.7. The van der Waals surface area contributed by atoms with Gasteiger partial charge in [-0.05, 0) is 18.4 Å². The fourth-order valence-corrected chi connectivity index (χ4v) is 0.858. The van der Waals surface area contributed by atoms with Crippen LogP contribution in [0.5, 0.6) is 0 Å². The van der Waals surface area contributed by atoms with E-state index < -0.39 is 22.4 Å². The maximum absolute atomic E-state index is 10.1. The minimum atomic E-state index is -4.67. The molecule has 0 heterocycles. The number of thioether (sulfide) groups is 1. The monoisotopic (exact) mass is 271 g/mol. The van der Waals surface area contributed by atoms with E-state index in [0.29, 0.717) is 6.42 Å². The molecule has 0 aromatic carbocycles. The van der Waals surface area contributed by atoms with E-state index in [1.807, 2.05) is 6.26 Å². The first-order chi connectivity index (χ1) is 6.18. The third kappa shape index (κ3) is 31.3. The van der Waals surface area contributed by atoms with Gasteiger partial charge in [-0.3, -0.25) is 13.9 Å². The number of carbonyl (C=O) groups is 1. The Morgan fingerprint density at radius 3 is 2.07 bits per heavy atom. The summed E-state index contributed by atoms with van der Waals surface area (Å²) in [5.41, 5.74) is 5.19. The molecule has 0 rings (SSSR count). The maximum Gasteiger partial charge on any atom is 1.00 e. The Kier molecular flexibility index (Phi) is 15.6. The van der Waals surface area contributed by atoms with Gasteiger partial charge in [0, 0.05) is 0 Å². The molecule has 0 fully saturated rings. The van der Waals surface area contributed by atoms with Crippen LogP contribution >= 0.6 is 11.8 Å². The third-order valence-corrected chi connectivity index (χ3v) is 1.59. The first-order valence-corrected chi connectivity index (χ1v) is 6.14. The number of hydrogen-bond donors (Lipinski definition) is 4. The summed E-state index contributed by atoms with van der Waals surface area (Å²) in [4.78, 5) is 10.1. The van der Waals surface area contributed by atoms with Crippen molar-refractivity contribution >= 4 is 28.1 Å². The smallest absolute Gasteiger partial charge is 1.00 e. The summed E-state index contributed by atoms with van der Waals surface area (Å²) in [6.45, 7) is 0. The molecule has 0 aliphatic heterocycles. The van der Waals surface area contributed by atoms with Gasteiger partial charge in [0.25, 0.3) is 0 Å². The Morgan fingerprint density at radius 1 is 1.53 bits per heavy atom. The Balaban J connectivity index is -0.0000000904. The number of aliphatic carboxylic acids is 1. The molecule has 15 heavy (non-hydrogen) atoms. The van der Waals surface area contributed by atoms with Gasteiger partial charge in [-0.15, -0.1) is 0 Å². The molecule has 0 amide bonds. The van der Waals surface area contributed by atoms with Crippen molar-refractivity contribution in [3.63, 3.8) is 0 Å². The minimum Gasteiger partial charge on any atom is -1.00 e. The van der Waals surface area contributed by atoms with Crippen LogP contribution in [0.15, 0.2) is 0 Å². The van der Waals surface area contributed by atoms with Crippen molar-refractivity contribution in [1.82, 2.24) is 0 Å². The van der Waals surface area contributed by atoms with Crippen molar-refractivity contribution < 1.29 is 58.4 Å². The second-order valence-electron chi connectivity index (χ2n) is 2.17. The molecule has 88 valence electrons. The molecule has 5 N–H and O–H groups in total. The molecule has 10 heteroatoms. The molecule has 0 spiro atoms. The van der Waals surface area contributed by atoms with Gasteiger partial charge in [0.15, 0.2) is 0 Å². The summed E-state index contributed by atoms with van der Waals surface area (Å²) in [7, 11) is -4.67. The number of carboxylic acids is 1. The summed E-state index contributed by atoms with van der Waals surface area (Å²) in [5.74, 6) is -0.1000. The molecule has 0 aromatic heterocycles. The molecule has 0 saturated carbocycles. The number of rotatable bonds is 4. The summed E-state index contributed by atoms with van der Waals surface area (Å²) in [5, 5.41) is 8.27. The number of nitrogens with two attached hydrogens (primary N) is 1. The van der Waals surface area contributed by atoms with Crippen LogP contribution in [0.25, 0.3) is 0 Å². The zero-order valence-electron chi connectivity index (χ0n) is 9.45. The quantitative estimate of drug-likeness (QED) is 0.307. The topological polar surface area (TPSA) is 138 Å². The predicted molar refractivity (Wildman–Crippen MR) is 53.9 cm³/mol. The fraction of sp³-hybridized carbons (Fsp3) is 0.800. The average Bonchev–Trinajstić information content (AvgIpc) is 1.96. The zero-order valence-corrected chi connectivity index (χ0v) is 12.1. The molecule has 0 radical (unpaired) electrons. The van der Waals surface area contributed by atoms with E-state index >= 15 is 0 Å². The summed E-state index contributed by atoms with van der Waals surface area (Å²) in [6.07, 6.45) is 2.48. The van der Waals surface area contributed by atoms with Crippen molar-refractivity contribution in [3.8, 4) is 0 Å². The number of carboxylic acid groups (broad SMARTS) is 1. The molecule has 0 saturated heterocycles. The van der Waals surface area contributed by atoms with Gasteiger partial charge in [0.2, 0.25) is 0 Å². The Bertz CT molecular complexity index is 254. The second kappa shape index (κ2) is 11.1. The molecule has 7 nitrogen and oxygen atoms in total. The standard InChI is InChI=1S/C5H11NO2S.Na.H2O4S.H/c1-9-3-2-4(6)5(7)8;;1-5(2,3)4;/h4H,2-3,6H2,1H3,(H,7,8);;(H2,1,2,3,4);/q;+1;;-1. The van der Waals surface area contributed by atoms with Gasteiger partial charge in [-0.1, -0.05) is 0 Å². The van der Waals surface area contributed by atoms with Gasteiger partial charge in [0.05, 0.1) is 0 Å². The van der Waals surface area contributed by atoms with Gasteiger partial charge in [0.1, 0.15) is 6.04 Å². The van der Waals surface area contributed by atoms with Gasteiger partial charge in [-0.2, -0.15) is 20.2 Å². The summed E-state index contributed by atoms with van der Waals surface area (Å²) >= 11 is 1.60. The zero-order chi connectivity index (χ0) is 11.8. The summed E-state index contributed by atoms with van der Waals surface area (Å²) < 4.78 is 31.6. The van der Waals surface area contributed by atoms with E-state index in [1.165, 1.54) is 0 Å². The Hall–Kier alpha value is 0.650. The molecule has 0 bridgehead atoms. The largest absolute Gasteiger partial charge is 1.00 e. The Labute approximate surface area is 116 Å². The van der Waals surface area contributed by atoms with Crippen molar-refractivity contribution in [2.24, 2.45) is 5.73 Å². The first-order valence-electron chi connectivity index (χ1n) is 3.35. The minimum absolute atomic E-state index is 0. The fourth-order valence-electron chi connectivity index (χ4n) is 0.368. The van der Waals surface area contributed by atoms with E-state index in [0.717, 1.165) is 5.75 Å². The van der Waals surface area contributed by atoms with E-state index in [-0.39, 0.29) is 31.0 Å². The summed E-state index contributed by atoms with van der Waals surface area (Å²) in [6, 6.07) is -0.683. The van der Waals surface area contributed by atoms with E-state index in [9.17, 15) is 4.79 Å². The first kappa shape index (κ1) is 21.0. The molecule has 0 aliphatic rings. The van der Waals surface area contributed by atoms with Crippen LogP contribution in [0.3, 0.4) is 0 Å². The van der Waals surface area contributed by atoms with Crippen LogP contribution in [-0.4, -0.2) is 46.6 Å². The molecule has 0 aromatic rings. The van der Waals surface area contributed by atoms with Gasteiger partial charge >= 0.3 is 45.9 Å². The van der Waals surface area contributed by atoms with E-state index in [4.69, 9.17) is 28.4 Å². The van der Waals surface area contributed by atoms with Crippen LogP contribution in [0.2, 0.25) is 0 Å². The molecule has 0 aliphatic carbocycles. The molecular formula is C5H14NNaO6S2. The van der Waals surface area contributed by atoms with Gasteiger partial charge < -0.3 is 12.3 Å². The van der Waals surface area contributed by atoms with Crippen molar-refractivity contribution in [2.45, 2.75) is 12.5 Å².